The van der Waals surface area contributed by atoms with Gasteiger partial charge >= 0.3 is 20.4 Å². The quantitative estimate of drug-likeness (QED) is 0.565. The van der Waals surface area contributed by atoms with Crippen molar-refractivity contribution >= 4 is 43.4 Å². The number of benzene rings is 2. The Morgan fingerprint density at radius 2 is 0.926 bits per heavy atom. The highest BCUT2D eigenvalue weighted by Crippen LogP contribution is 2.13. The van der Waals surface area contributed by atoms with E-state index >= 15 is 0 Å². The van der Waals surface area contributed by atoms with Crippen LogP contribution in [0.5, 0.6) is 0 Å². The zero-order valence-corrected chi connectivity index (χ0v) is 16.0. The topological polar surface area (TPSA) is 139 Å². The summed E-state index contributed by atoms with van der Waals surface area (Å²) in [5.41, 5.74) is 0.922. The normalized spacial score (nSPS) is 11.6. The SMILES string of the molecule is CC(=O)c1ccc(NS(=O)(=O)NS(=O)(=O)Nc2ccc(C(C)=O)cc2)cc1. The third-order valence-electron chi connectivity index (χ3n) is 3.31. The number of hydrogen-bond acceptors (Lipinski definition) is 6. The van der Waals surface area contributed by atoms with E-state index in [1.807, 2.05) is 9.44 Å². The van der Waals surface area contributed by atoms with E-state index in [0.717, 1.165) is 0 Å². The van der Waals surface area contributed by atoms with Crippen LogP contribution in [0.4, 0.5) is 11.4 Å². The van der Waals surface area contributed by atoms with Crippen molar-refractivity contribution in [1.29, 1.82) is 0 Å². The average Bonchev–Trinajstić information content (AvgIpc) is 2.53. The van der Waals surface area contributed by atoms with Crippen molar-refractivity contribution in [3.63, 3.8) is 0 Å². The molecule has 0 amide bonds. The zero-order chi connectivity index (χ0) is 20.2. The Kier molecular flexibility index (Phi) is 5.98. The molecule has 0 heterocycles. The molecule has 0 unspecified atom stereocenters. The molecule has 0 atom stereocenters. The summed E-state index contributed by atoms with van der Waals surface area (Å²) in [4.78, 5) is 22.4. The molecule has 144 valence electrons. The molecule has 2 aromatic rings. The molecule has 0 saturated carbocycles. The Morgan fingerprint density at radius 1 is 0.630 bits per heavy atom. The number of Topliss-reactive ketones (excluding diaryl/α,β-unsaturated/α-hetero) is 2. The fourth-order valence-electron chi connectivity index (χ4n) is 2.04. The number of hydrogen-bond donors (Lipinski definition) is 3. The van der Waals surface area contributed by atoms with Gasteiger partial charge in [-0.05, 0) is 62.4 Å². The summed E-state index contributed by atoms with van der Waals surface area (Å²) in [7, 11) is -8.91. The summed E-state index contributed by atoms with van der Waals surface area (Å²) < 4.78 is 53.6. The van der Waals surface area contributed by atoms with E-state index in [1.54, 1.807) is 0 Å². The molecule has 0 aliphatic carbocycles. The lowest BCUT2D eigenvalue weighted by Gasteiger charge is -2.12. The highest BCUT2D eigenvalue weighted by molar-refractivity contribution is 8.05. The third kappa shape index (κ3) is 6.16. The molecule has 0 aliphatic rings. The van der Waals surface area contributed by atoms with Crippen molar-refractivity contribution in [3.8, 4) is 0 Å². The van der Waals surface area contributed by atoms with Gasteiger partial charge in [0.2, 0.25) is 0 Å². The van der Waals surface area contributed by atoms with Gasteiger partial charge in [0.05, 0.1) is 0 Å². The smallest absolute Gasteiger partial charge is 0.295 e. The van der Waals surface area contributed by atoms with Crippen LogP contribution >= 0.6 is 0 Å². The van der Waals surface area contributed by atoms with Crippen LogP contribution in [0.1, 0.15) is 34.6 Å². The second-order valence-corrected chi connectivity index (χ2v) is 8.65. The Morgan fingerprint density at radius 3 is 1.19 bits per heavy atom. The van der Waals surface area contributed by atoms with E-state index in [-0.39, 0.29) is 22.9 Å². The molecule has 0 aliphatic heterocycles. The number of ketones is 2. The molecule has 0 fully saturated rings. The number of carbonyl (C=O) groups is 2. The Labute approximate surface area is 157 Å². The molecule has 0 bridgehead atoms. The van der Waals surface area contributed by atoms with Crippen LogP contribution < -0.4 is 13.6 Å². The van der Waals surface area contributed by atoms with Gasteiger partial charge in [-0.25, -0.2) is 0 Å². The standard InChI is InChI=1S/C16H17N3O6S2/c1-11(20)13-3-7-15(8-4-13)17-26(22,23)19-27(24,25)18-16-9-5-14(6-10-16)12(2)21/h3-10,17-19H,1-2H3. The molecule has 0 spiro atoms. The minimum atomic E-state index is -4.46. The first kappa shape index (κ1) is 20.6. The predicted molar refractivity (Wildman–Crippen MR) is 101 cm³/mol. The number of nitrogens with one attached hydrogen (secondary N) is 3. The lowest BCUT2D eigenvalue weighted by atomic mass is 10.1. The van der Waals surface area contributed by atoms with E-state index in [4.69, 9.17) is 0 Å². The van der Waals surface area contributed by atoms with Gasteiger partial charge in [-0.15, -0.1) is 0 Å². The average molecular weight is 411 g/mol. The summed E-state index contributed by atoms with van der Waals surface area (Å²) in [5, 5.41) is 0. The maximum atomic E-state index is 12.0. The lowest BCUT2D eigenvalue weighted by Crippen LogP contribution is -2.38. The van der Waals surface area contributed by atoms with Crippen molar-refractivity contribution in [3.05, 3.63) is 59.7 Å². The summed E-state index contributed by atoms with van der Waals surface area (Å²) in [6.45, 7) is 2.73. The maximum absolute atomic E-state index is 12.0. The van der Waals surface area contributed by atoms with E-state index in [2.05, 4.69) is 0 Å². The minimum absolute atomic E-state index is 0.0773. The van der Waals surface area contributed by atoms with Crippen LogP contribution in [0, 0.1) is 0 Å². The molecule has 27 heavy (non-hydrogen) atoms. The molecule has 0 saturated heterocycles. The van der Waals surface area contributed by atoms with Gasteiger partial charge in [0.15, 0.2) is 11.6 Å². The van der Waals surface area contributed by atoms with E-state index in [1.165, 1.54) is 66.5 Å². The fraction of sp³-hybridized carbons (Fsp3) is 0.125. The highest BCUT2D eigenvalue weighted by atomic mass is 32.3. The molecule has 9 nitrogen and oxygen atoms in total. The van der Waals surface area contributed by atoms with Gasteiger partial charge in [0.1, 0.15) is 0 Å². The van der Waals surface area contributed by atoms with Crippen molar-refractivity contribution in [2.24, 2.45) is 0 Å². The highest BCUT2D eigenvalue weighted by Gasteiger charge is 2.20. The largest absolute Gasteiger partial charge is 0.313 e. The van der Waals surface area contributed by atoms with Crippen LogP contribution in [-0.4, -0.2) is 28.4 Å². The van der Waals surface area contributed by atoms with Crippen LogP contribution in [0.25, 0.3) is 0 Å². The molecule has 0 radical (unpaired) electrons. The van der Waals surface area contributed by atoms with Gasteiger partial charge in [-0.1, -0.05) is 4.13 Å². The van der Waals surface area contributed by atoms with Crippen LogP contribution in [0.15, 0.2) is 48.5 Å². The van der Waals surface area contributed by atoms with Crippen molar-refractivity contribution in [2.75, 3.05) is 9.44 Å². The summed E-state index contributed by atoms with van der Waals surface area (Å²) in [5.74, 6) is -0.379. The van der Waals surface area contributed by atoms with Crippen molar-refractivity contribution < 1.29 is 26.4 Å². The summed E-state index contributed by atoms with van der Waals surface area (Å²) >= 11 is 0. The number of carbonyl (C=O) groups excluding carboxylic acids is 2. The van der Waals surface area contributed by atoms with E-state index in [0.29, 0.717) is 11.1 Å². The van der Waals surface area contributed by atoms with Crippen LogP contribution in [0.3, 0.4) is 0 Å². The molecular weight excluding hydrogens is 394 g/mol. The van der Waals surface area contributed by atoms with E-state index < -0.39 is 20.4 Å². The predicted octanol–water partition coefficient (Wildman–Crippen LogP) is 1.70. The number of rotatable bonds is 8. The van der Waals surface area contributed by atoms with Gasteiger partial charge in [0, 0.05) is 22.5 Å². The molecular formula is C16H17N3O6S2. The van der Waals surface area contributed by atoms with Gasteiger partial charge in [-0.3, -0.25) is 19.0 Å². The lowest BCUT2D eigenvalue weighted by molar-refractivity contribution is 0.100. The summed E-state index contributed by atoms with van der Waals surface area (Å²) in [6, 6.07) is 10.9. The first-order valence-corrected chi connectivity index (χ1v) is 10.5. The van der Waals surface area contributed by atoms with Crippen molar-refractivity contribution in [1.82, 2.24) is 4.13 Å². The summed E-state index contributed by atoms with van der Waals surface area (Å²) in [6.07, 6.45) is 0. The molecule has 3 N–H and O–H groups in total. The van der Waals surface area contributed by atoms with Gasteiger partial charge in [0.25, 0.3) is 0 Å². The second kappa shape index (κ2) is 7.86. The molecule has 2 rings (SSSR count). The number of anilines is 2. The fourth-order valence-corrected chi connectivity index (χ4v) is 4.42. The second-order valence-electron chi connectivity index (χ2n) is 5.56. The van der Waals surface area contributed by atoms with Crippen LogP contribution in [-0.2, 0) is 20.4 Å². The van der Waals surface area contributed by atoms with E-state index in [9.17, 15) is 26.4 Å². The van der Waals surface area contributed by atoms with Gasteiger partial charge in [-0.2, -0.15) is 16.8 Å². The molecule has 2 aromatic carbocycles. The van der Waals surface area contributed by atoms with Crippen LogP contribution in [0.2, 0.25) is 0 Å². The first-order chi connectivity index (χ1) is 12.5. The van der Waals surface area contributed by atoms with Gasteiger partial charge < -0.3 is 0 Å². The Hall–Kier alpha value is -2.76. The zero-order valence-electron chi connectivity index (χ0n) is 14.4. The monoisotopic (exact) mass is 411 g/mol. The Balaban J connectivity index is 2.08. The minimum Gasteiger partial charge on any atom is -0.295 e. The third-order valence-corrected chi connectivity index (χ3v) is 6.07. The molecule has 0 aromatic heterocycles. The first-order valence-electron chi connectivity index (χ1n) is 7.53. The maximum Gasteiger partial charge on any atom is 0.313 e. The molecule has 11 heteroatoms. The Bertz CT molecular complexity index is 973. The van der Waals surface area contributed by atoms with Crippen molar-refractivity contribution in [2.45, 2.75) is 13.8 Å².